The molecule has 0 bridgehead atoms. The third-order valence-corrected chi connectivity index (χ3v) is 3.58. The van der Waals surface area contributed by atoms with Crippen LogP contribution < -0.4 is 9.47 Å². The molecule has 4 nitrogen and oxygen atoms in total. The largest absolute Gasteiger partial charge is 0.497 e. The predicted molar refractivity (Wildman–Crippen MR) is 86.2 cm³/mol. The second-order valence-electron chi connectivity index (χ2n) is 4.58. The minimum atomic E-state index is 0.655. The number of imidazole rings is 1. The number of nitrogens with one attached hydrogen (secondary N) is 1. The normalized spacial score (nSPS) is 10.8. The molecule has 0 amide bonds. The average molecular weight is 300 g/mol. The van der Waals surface area contributed by atoms with Crippen molar-refractivity contribution < 1.29 is 9.47 Å². The molecule has 0 spiro atoms. The van der Waals surface area contributed by atoms with Gasteiger partial charge in [0.15, 0.2) is 4.77 Å². The van der Waals surface area contributed by atoms with E-state index in [4.69, 9.17) is 21.7 Å². The molecular weight excluding hydrogens is 284 g/mol. The van der Waals surface area contributed by atoms with Crippen LogP contribution in [0.4, 0.5) is 0 Å². The number of H-pyrrole nitrogens is 1. The van der Waals surface area contributed by atoms with Crippen molar-refractivity contribution in [1.29, 1.82) is 0 Å². The Morgan fingerprint density at radius 1 is 1.10 bits per heavy atom. The second kappa shape index (κ2) is 5.61. The molecule has 0 aliphatic rings. The Morgan fingerprint density at radius 2 is 1.81 bits per heavy atom. The maximum atomic E-state index is 5.47. The van der Waals surface area contributed by atoms with Crippen molar-refractivity contribution in [1.82, 2.24) is 9.55 Å². The van der Waals surface area contributed by atoms with Crippen LogP contribution in [0.2, 0.25) is 0 Å². The standard InChI is InChI=1S/C16H16N2O2S/c1-3-20-12-6-4-11(5-7-12)18-15-9-8-13(19-2)10-14(15)17-16(18)21/h4-10H,3H2,1-2H3,(H,17,21). The van der Waals surface area contributed by atoms with Gasteiger partial charge in [-0.2, -0.15) is 0 Å². The Hall–Kier alpha value is -2.27. The fraction of sp³-hybridized carbons (Fsp3) is 0.188. The van der Waals surface area contributed by atoms with Gasteiger partial charge in [-0.1, -0.05) is 0 Å². The van der Waals surface area contributed by atoms with Crippen LogP contribution in [0.1, 0.15) is 6.92 Å². The number of ether oxygens (including phenoxy) is 2. The van der Waals surface area contributed by atoms with E-state index in [-0.39, 0.29) is 0 Å². The molecule has 0 fully saturated rings. The molecule has 5 heteroatoms. The first-order valence-corrected chi connectivity index (χ1v) is 7.15. The smallest absolute Gasteiger partial charge is 0.182 e. The Morgan fingerprint density at radius 3 is 2.48 bits per heavy atom. The van der Waals surface area contributed by atoms with Gasteiger partial charge in [0.25, 0.3) is 0 Å². The zero-order chi connectivity index (χ0) is 14.8. The molecule has 3 aromatic rings. The molecule has 3 rings (SSSR count). The molecule has 0 atom stereocenters. The highest BCUT2D eigenvalue weighted by molar-refractivity contribution is 7.71. The van der Waals surface area contributed by atoms with Gasteiger partial charge in [0.05, 0.1) is 24.8 Å². The van der Waals surface area contributed by atoms with Gasteiger partial charge in [-0.3, -0.25) is 4.57 Å². The van der Waals surface area contributed by atoms with Crippen LogP contribution >= 0.6 is 12.2 Å². The summed E-state index contributed by atoms with van der Waals surface area (Å²) >= 11 is 5.43. The fourth-order valence-corrected chi connectivity index (χ4v) is 2.65. The summed E-state index contributed by atoms with van der Waals surface area (Å²) in [4.78, 5) is 3.21. The number of aromatic nitrogens is 2. The molecular formula is C16H16N2O2S. The molecule has 108 valence electrons. The summed E-state index contributed by atoms with van der Waals surface area (Å²) in [6.07, 6.45) is 0. The molecule has 1 N–H and O–H groups in total. The quantitative estimate of drug-likeness (QED) is 0.737. The summed E-state index contributed by atoms with van der Waals surface area (Å²) < 4.78 is 13.4. The number of benzene rings is 2. The van der Waals surface area contributed by atoms with Crippen molar-refractivity contribution >= 4 is 23.3 Å². The Labute approximate surface area is 127 Å². The molecule has 0 unspecified atom stereocenters. The maximum Gasteiger partial charge on any atom is 0.182 e. The summed E-state index contributed by atoms with van der Waals surface area (Å²) in [7, 11) is 1.65. The van der Waals surface area contributed by atoms with E-state index in [1.54, 1.807) is 7.11 Å². The monoisotopic (exact) mass is 300 g/mol. The summed E-state index contributed by atoms with van der Waals surface area (Å²) in [5.74, 6) is 1.66. The van der Waals surface area contributed by atoms with Gasteiger partial charge in [0.2, 0.25) is 0 Å². The van der Waals surface area contributed by atoms with E-state index in [1.165, 1.54) is 0 Å². The van der Waals surface area contributed by atoms with Crippen molar-refractivity contribution in [3.63, 3.8) is 0 Å². The number of hydrogen-bond donors (Lipinski definition) is 1. The van der Waals surface area contributed by atoms with Crippen LogP contribution in [-0.4, -0.2) is 23.3 Å². The van der Waals surface area contributed by atoms with Crippen molar-refractivity contribution in [2.75, 3.05) is 13.7 Å². The first-order valence-electron chi connectivity index (χ1n) is 6.75. The van der Waals surface area contributed by atoms with Crippen LogP contribution in [0.3, 0.4) is 0 Å². The van der Waals surface area contributed by atoms with E-state index >= 15 is 0 Å². The van der Waals surface area contributed by atoms with Crippen LogP contribution in [0.25, 0.3) is 16.7 Å². The minimum Gasteiger partial charge on any atom is -0.497 e. The van der Waals surface area contributed by atoms with E-state index in [1.807, 2.05) is 54.0 Å². The maximum absolute atomic E-state index is 5.47. The lowest BCUT2D eigenvalue weighted by Crippen LogP contribution is -1.95. The molecule has 2 aromatic carbocycles. The number of rotatable bonds is 4. The highest BCUT2D eigenvalue weighted by Crippen LogP contribution is 2.24. The van der Waals surface area contributed by atoms with Crippen molar-refractivity contribution in [3.8, 4) is 17.2 Å². The number of fused-ring (bicyclic) bond motifs is 1. The highest BCUT2D eigenvalue weighted by atomic mass is 32.1. The number of nitrogens with zero attached hydrogens (tertiary/aromatic N) is 1. The van der Waals surface area contributed by atoms with Crippen molar-refractivity contribution in [3.05, 3.63) is 47.2 Å². The molecule has 0 aliphatic carbocycles. The SMILES string of the molecule is CCOc1ccc(-n2c(=S)[nH]c3cc(OC)ccc32)cc1. The lowest BCUT2D eigenvalue weighted by atomic mass is 10.2. The van der Waals surface area contributed by atoms with Gasteiger partial charge < -0.3 is 14.5 Å². The number of methoxy groups -OCH3 is 1. The highest BCUT2D eigenvalue weighted by Gasteiger charge is 2.07. The minimum absolute atomic E-state index is 0.655. The third-order valence-electron chi connectivity index (χ3n) is 3.30. The summed E-state index contributed by atoms with van der Waals surface area (Å²) in [6.45, 7) is 2.63. The molecule has 1 heterocycles. The van der Waals surface area contributed by atoms with Crippen molar-refractivity contribution in [2.24, 2.45) is 0 Å². The van der Waals surface area contributed by atoms with E-state index in [9.17, 15) is 0 Å². The fourth-order valence-electron chi connectivity index (χ4n) is 2.33. The lowest BCUT2D eigenvalue weighted by molar-refractivity contribution is 0.340. The summed E-state index contributed by atoms with van der Waals surface area (Å²) in [6, 6.07) is 13.8. The first-order chi connectivity index (χ1) is 10.2. The van der Waals surface area contributed by atoms with Gasteiger partial charge in [0, 0.05) is 11.8 Å². The van der Waals surface area contributed by atoms with Gasteiger partial charge in [-0.25, -0.2) is 0 Å². The van der Waals surface area contributed by atoms with Gasteiger partial charge in [-0.15, -0.1) is 0 Å². The first kappa shape index (κ1) is 13.7. The summed E-state index contributed by atoms with van der Waals surface area (Å²) in [5, 5.41) is 0. The van der Waals surface area contributed by atoms with Gasteiger partial charge in [-0.05, 0) is 55.5 Å². The topological polar surface area (TPSA) is 39.2 Å². The Bertz CT molecular complexity index is 818. The predicted octanol–water partition coefficient (Wildman–Crippen LogP) is 4.10. The Kier molecular flexibility index (Phi) is 3.66. The van der Waals surface area contributed by atoms with E-state index < -0.39 is 0 Å². The lowest BCUT2D eigenvalue weighted by Gasteiger charge is -2.07. The second-order valence-corrected chi connectivity index (χ2v) is 4.96. The molecule has 21 heavy (non-hydrogen) atoms. The molecule has 0 aliphatic heterocycles. The zero-order valence-corrected chi connectivity index (χ0v) is 12.7. The van der Waals surface area contributed by atoms with Gasteiger partial charge in [0.1, 0.15) is 11.5 Å². The van der Waals surface area contributed by atoms with Gasteiger partial charge >= 0.3 is 0 Å². The molecule has 0 saturated heterocycles. The number of aromatic amines is 1. The van der Waals surface area contributed by atoms with Crippen LogP contribution in [0, 0.1) is 4.77 Å². The van der Waals surface area contributed by atoms with E-state index in [2.05, 4.69) is 4.98 Å². The summed E-state index contributed by atoms with van der Waals surface area (Å²) in [5.41, 5.74) is 2.97. The zero-order valence-electron chi connectivity index (χ0n) is 11.9. The van der Waals surface area contributed by atoms with Crippen molar-refractivity contribution in [2.45, 2.75) is 6.92 Å². The van der Waals surface area contributed by atoms with Crippen LogP contribution in [0.15, 0.2) is 42.5 Å². The number of hydrogen-bond acceptors (Lipinski definition) is 3. The average Bonchev–Trinajstić information content (AvgIpc) is 2.83. The van der Waals surface area contributed by atoms with Crippen LogP contribution in [0.5, 0.6) is 11.5 Å². The van der Waals surface area contributed by atoms with E-state index in [0.717, 1.165) is 28.2 Å². The molecule has 0 saturated carbocycles. The molecule has 0 radical (unpaired) electrons. The van der Waals surface area contributed by atoms with Crippen LogP contribution in [-0.2, 0) is 0 Å². The third kappa shape index (κ3) is 2.52. The Balaban J connectivity index is 2.11. The molecule has 1 aromatic heterocycles. The van der Waals surface area contributed by atoms with E-state index in [0.29, 0.717) is 11.4 Å².